The van der Waals surface area contributed by atoms with Crippen LogP contribution in [0.3, 0.4) is 0 Å². The van der Waals surface area contributed by atoms with Gasteiger partial charge in [0.15, 0.2) is 11.6 Å². The molecule has 132 valence electrons. The fourth-order valence-corrected chi connectivity index (χ4v) is 2.53. The van der Waals surface area contributed by atoms with Crippen LogP contribution in [-0.4, -0.2) is 16.1 Å². The number of hydrogen-bond acceptors (Lipinski definition) is 4. The summed E-state index contributed by atoms with van der Waals surface area (Å²) < 4.78 is 12.9. The molecule has 2 aromatic carbocycles. The molecule has 0 saturated heterocycles. The first-order valence-corrected chi connectivity index (χ1v) is 8.22. The van der Waals surface area contributed by atoms with Crippen LogP contribution in [0.5, 0.6) is 0 Å². The van der Waals surface area contributed by atoms with E-state index in [1.165, 1.54) is 17.7 Å². The van der Waals surface area contributed by atoms with Gasteiger partial charge in [-0.15, -0.1) is 10.2 Å². The smallest absolute Gasteiger partial charge is 0.229 e. The number of nitrogens with one attached hydrogen (secondary N) is 2. The van der Waals surface area contributed by atoms with E-state index >= 15 is 0 Å². The molecule has 6 heteroatoms. The average Bonchev–Trinajstić information content (AvgIpc) is 2.61. The third-order valence-electron chi connectivity index (χ3n) is 3.85. The zero-order valence-electron chi connectivity index (χ0n) is 14.6. The van der Waals surface area contributed by atoms with Gasteiger partial charge in [0.2, 0.25) is 5.91 Å². The van der Waals surface area contributed by atoms with Gasteiger partial charge in [-0.05, 0) is 55.3 Å². The van der Waals surface area contributed by atoms with Crippen molar-refractivity contribution in [2.75, 3.05) is 10.6 Å². The lowest BCUT2D eigenvalue weighted by atomic mass is 10.1. The Morgan fingerprint density at radius 3 is 2.31 bits per heavy atom. The Bertz CT molecular complexity index is 908. The van der Waals surface area contributed by atoms with Crippen molar-refractivity contribution in [1.82, 2.24) is 10.2 Å². The predicted octanol–water partition coefficient (Wildman–Crippen LogP) is 4.16. The number of hydrogen-bond donors (Lipinski definition) is 2. The van der Waals surface area contributed by atoms with Crippen LogP contribution in [0.1, 0.15) is 16.7 Å². The van der Waals surface area contributed by atoms with Gasteiger partial charge in [-0.2, -0.15) is 0 Å². The third kappa shape index (κ3) is 4.63. The van der Waals surface area contributed by atoms with Crippen molar-refractivity contribution >= 4 is 23.2 Å². The van der Waals surface area contributed by atoms with Crippen LogP contribution in [0, 0.1) is 19.7 Å². The van der Waals surface area contributed by atoms with E-state index in [0.717, 1.165) is 16.8 Å². The lowest BCUT2D eigenvalue weighted by molar-refractivity contribution is -0.115. The monoisotopic (exact) mass is 350 g/mol. The van der Waals surface area contributed by atoms with Crippen molar-refractivity contribution in [3.8, 4) is 0 Å². The summed E-state index contributed by atoms with van der Waals surface area (Å²) in [6.45, 7) is 4.06. The van der Waals surface area contributed by atoms with Crippen LogP contribution in [0.15, 0.2) is 54.6 Å². The van der Waals surface area contributed by atoms with E-state index in [9.17, 15) is 9.18 Å². The summed E-state index contributed by atoms with van der Waals surface area (Å²) >= 11 is 0. The van der Waals surface area contributed by atoms with Crippen LogP contribution in [0.25, 0.3) is 0 Å². The van der Waals surface area contributed by atoms with Gasteiger partial charge in [-0.3, -0.25) is 4.79 Å². The largest absolute Gasteiger partial charge is 0.339 e. The minimum atomic E-state index is -0.327. The summed E-state index contributed by atoms with van der Waals surface area (Å²) in [4.78, 5) is 12.0. The summed E-state index contributed by atoms with van der Waals surface area (Å²) in [7, 11) is 0. The van der Waals surface area contributed by atoms with Gasteiger partial charge in [0, 0.05) is 5.69 Å². The van der Waals surface area contributed by atoms with Crippen LogP contribution in [0.2, 0.25) is 0 Å². The number of aryl methyl sites for hydroxylation is 2. The lowest BCUT2D eigenvalue weighted by Gasteiger charge is -2.10. The molecule has 0 unspecified atom stereocenters. The number of benzene rings is 2. The maximum absolute atomic E-state index is 12.9. The molecule has 0 aliphatic heterocycles. The first kappa shape index (κ1) is 17.5. The van der Waals surface area contributed by atoms with E-state index in [0.29, 0.717) is 11.6 Å². The molecule has 0 radical (unpaired) electrons. The number of anilines is 3. The van der Waals surface area contributed by atoms with Crippen LogP contribution in [-0.2, 0) is 11.2 Å². The second-order valence-electron chi connectivity index (χ2n) is 6.10. The Labute approximate surface area is 151 Å². The maximum atomic E-state index is 12.9. The number of rotatable bonds is 5. The molecule has 1 aromatic heterocycles. The zero-order valence-corrected chi connectivity index (χ0v) is 14.6. The Balaban J connectivity index is 1.60. The van der Waals surface area contributed by atoms with Gasteiger partial charge < -0.3 is 10.6 Å². The molecule has 0 fully saturated rings. The number of amides is 1. The van der Waals surface area contributed by atoms with Crippen molar-refractivity contribution < 1.29 is 9.18 Å². The molecule has 0 atom stereocenters. The molecule has 2 N–H and O–H groups in total. The normalized spacial score (nSPS) is 10.4. The Kier molecular flexibility index (Phi) is 5.22. The highest BCUT2D eigenvalue weighted by atomic mass is 19.1. The van der Waals surface area contributed by atoms with E-state index in [2.05, 4.69) is 26.9 Å². The number of aromatic nitrogens is 2. The topological polar surface area (TPSA) is 66.9 Å². The summed E-state index contributed by atoms with van der Waals surface area (Å²) in [5.74, 6) is 0.393. The Hall–Kier alpha value is -3.28. The first-order valence-electron chi connectivity index (χ1n) is 8.22. The fraction of sp³-hybridized carbons (Fsp3) is 0.150. The van der Waals surface area contributed by atoms with Gasteiger partial charge in [-0.1, -0.05) is 29.8 Å². The van der Waals surface area contributed by atoms with E-state index < -0.39 is 0 Å². The minimum absolute atomic E-state index is 0.143. The quantitative estimate of drug-likeness (QED) is 0.725. The van der Waals surface area contributed by atoms with Gasteiger partial charge >= 0.3 is 0 Å². The molecule has 0 bridgehead atoms. The molecule has 26 heavy (non-hydrogen) atoms. The zero-order chi connectivity index (χ0) is 18.5. The molecule has 3 aromatic rings. The van der Waals surface area contributed by atoms with E-state index in [1.54, 1.807) is 24.3 Å². The second-order valence-corrected chi connectivity index (χ2v) is 6.10. The van der Waals surface area contributed by atoms with Crippen LogP contribution >= 0.6 is 0 Å². The average molecular weight is 350 g/mol. The molecule has 1 amide bonds. The van der Waals surface area contributed by atoms with Crippen molar-refractivity contribution in [3.63, 3.8) is 0 Å². The van der Waals surface area contributed by atoms with Gasteiger partial charge in [0.25, 0.3) is 0 Å². The number of halogens is 1. The molecule has 0 aliphatic rings. The first-order chi connectivity index (χ1) is 12.5. The molecule has 3 rings (SSSR count). The van der Waals surface area contributed by atoms with E-state index in [1.807, 2.05) is 26.0 Å². The number of carbonyl (C=O) groups is 1. The Morgan fingerprint density at radius 1 is 0.962 bits per heavy atom. The van der Waals surface area contributed by atoms with Crippen LogP contribution in [0.4, 0.5) is 21.7 Å². The molecule has 0 aliphatic carbocycles. The van der Waals surface area contributed by atoms with Crippen molar-refractivity contribution in [1.29, 1.82) is 0 Å². The minimum Gasteiger partial charge on any atom is -0.339 e. The molecular formula is C20H19FN4O. The Morgan fingerprint density at radius 2 is 1.65 bits per heavy atom. The SMILES string of the molecule is Cc1ccc(Nc2ccc(NC(=O)Cc3ccc(F)cc3)nn2)c(C)c1. The van der Waals surface area contributed by atoms with Gasteiger partial charge in [0.1, 0.15) is 5.82 Å². The lowest BCUT2D eigenvalue weighted by Crippen LogP contribution is -2.15. The summed E-state index contributed by atoms with van der Waals surface area (Å²) in [5.41, 5.74) is 3.99. The molecule has 5 nitrogen and oxygen atoms in total. The van der Waals surface area contributed by atoms with Crippen molar-refractivity contribution in [2.24, 2.45) is 0 Å². The highest BCUT2D eigenvalue weighted by Gasteiger charge is 2.07. The summed E-state index contributed by atoms with van der Waals surface area (Å²) in [5, 5.41) is 14.0. The highest BCUT2D eigenvalue weighted by molar-refractivity contribution is 5.91. The van der Waals surface area contributed by atoms with Gasteiger partial charge in [0.05, 0.1) is 6.42 Å². The van der Waals surface area contributed by atoms with E-state index in [4.69, 9.17) is 0 Å². The maximum Gasteiger partial charge on any atom is 0.229 e. The number of nitrogens with zero attached hydrogens (tertiary/aromatic N) is 2. The predicted molar refractivity (Wildman–Crippen MR) is 100.0 cm³/mol. The fourth-order valence-electron chi connectivity index (χ4n) is 2.53. The summed E-state index contributed by atoms with van der Waals surface area (Å²) in [6, 6.07) is 15.3. The summed E-state index contributed by atoms with van der Waals surface area (Å²) in [6.07, 6.45) is 0.143. The highest BCUT2D eigenvalue weighted by Crippen LogP contribution is 2.20. The standard InChI is InChI=1S/C20H19FN4O/c1-13-3-8-17(14(2)11-13)22-18-9-10-19(25-24-18)23-20(26)12-15-4-6-16(21)7-5-15/h3-11H,12H2,1-2H3,(H,22,24)(H,23,25,26). The molecular weight excluding hydrogens is 331 g/mol. The van der Waals surface area contributed by atoms with Gasteiger partial charge in [-0.25, -0.2) is 4.39 Å². The number of carbonyl (C=O) groups excluding carboxylic acids is 1. The third-order valence-corrected chi connectivity index (χ3v) is 3.85. The second kappa shape index (κ2) is 7.74. The van der Waals surface area contributed by atoms with E-state index in [-0.39, 0.29) is 18.1 Å². The molecule has 1 heterocycles. The van der Waals surface area contributed by atoms with Crippen molar-refractivity contribution in [3.05, 3.63) is 77.1 Å². The molecule has 0 saturated carbocycles. The van der Waals surface area contributed by atoms with Crippen LogP contribution < -0.4 is 10.6 Å². The molecule has 0 spiro atoms. The van der Waals surface area contributed by atoms with Crippen molar-refractivity contribution in [2.45, 2.75) is 20.3 Å².